The van der Waals surface area contributed by atoms with Crippen molar-refractivity contribution in [3.63, 3.8) is 0 Å². The van der Waals surface area contributed by atoms with E-state index in [-0.39, 0.29) is 17.2 Å². The number of benzene rings is 3. The molecule has 1 aliphatic rings. The molecule has 6 nitrogen and oxygen atoms in total. The van der Waals surface area contributed by atoms with Crippen molar-refractivity contribution in [3.8, 4) is 0 Å². The lowest BCUT2D eigenvalue weighted by atomic mass is 9.95. The lowest BCUT2D eigenvalue weighted by Crippen LogP contribution is -2.29. The molecule has 32 heavy (non-hydrogen) atoms. The van der Waals surface area contributed by atoms with E-state index in [2.05, 4.69) is 5.32 Å². The zero-order chi connectivity index (χ0) is 22.8. The first-order valence-corrected chi connectivity index (χ1v) is 10.2. The van der Waals surface area contributed by atoms with Crippen molar-refractivity contribution in [2.45, 2.75) is 13.0 Å². The minimum atomic E-state index is -0.848. The van der Waals surface area contributed by atoms with Gasteiger partial charge in [0.15, 0.2) is 0 Å². The molecule has 1 heterocycles. The molecular weight excluding hydrogens is 428 g/mol. The first-order valence-electron chi connectivity index (χ1n) is 9.86. The Morgan fingerprint density at radius 1 is 0.938 bits per heavy atom. The number of hydrogen-bond acceptors (Lipinski definition) is 4. The average molecular weight is 447 g/mol. The van der Waals surface area contributed by atoms with Crippen LogP contribution in [0, 0.1) is 0 Å². The second-order valence-electron chi connectivity index (χ2n) is 7.31. The molecule has 160 valence electrons. The molecule has 3 aromatic carbocycles. The van der Waals surface area contributed by atoms with Gasteiger partial charge in [0.1, 0.15) is 5.76 Å². The summed E-state index contributed by atoms with van der Waals surface area (Å²) in [6.45, 7) is 1.40. The number of nitrogens with zero attached hydrogens (tertiary/aromatic N) is 1. The Morgan fingerprint density at radius 3 is 2.16 bits per heavy atom. The summed E-state index contributed by atoms with van der Waals surface area (Å²) in [5.74, 6) is -2.00. The minimum Gasteiger partial charge on any atom is -0.507 e. The van der Waals surface area contributed by atoms with Crippen LogP contribution in [0.2, 0.25) is 5.02 Å². The van der Waals surface area contributed by atoms with Gasteiger partial charge in [0, 0.05) is 28.9 Å². The number of anilines is 2. The maximum absolute atomic E-state index is 13.1. The van der Waals surface area contributed by atoms with Gasteiger partial charge in [-0.15, -0.1) is 0 Å². The smallest absolute Gasteiger partial charge is 0.300 e. The van der Waals surface area contributed by atoms with Gasteiger partial charge < -0.3 is 10.4 Å². The van der Waals surface area contributed by atoms with Crippen molar-refractivity contribution in [2.24, 2.45) is 0 Å². The second kappa shape index (κ2) is 8.69. The van der Waals surface area contributed by atoms with Crippen LogP contribution < -0.4 is 10.2 Å². The fourth-order valence-corrected chi connectivity index (χ4v) is 3.85. The number of carbonyl (C=O) groups excluding carboxylic acids is 3. The normalized spacial score (nSPS) is 17.4. The zero-order valence-electron chi connectivity index (χ0n) is 17.1. The number of hydrogen-bond donors (Lipinski definition) is 2. The van der Waals surface area contributed by atoms with Crippen LogP contribution in [-0.4, -0.2) is 22.7 Å². The third-order valence-electron chi connectivity index (χ3n) is 5.14. The predicted molar refractivity (Wildman–Crippen MR) is 123 cm³/mol. The third kappa shape index (κ3) is 4.00. The highest BCUT2D eigenvalue weighted by atomic mass is 35.5. The van der Waals surface area contributed by atoms with Crippen LogP contribution in [-0.2, 0) is 14.4 Å². The molecule has 1 aliphatic heterocycles. The van der Waals surface area contributed by atoms with E-state index in [1.54, 1.807) is 78.9 Å². The molecule has 2 amide bonds. The molecule has 3 aromatic rings. The molecule has 0 saturated carbocycles. The van der Waals surface area contributed by atoms with Gasteiger partial charge in [-0.25, -0.2) is 0 Å². The Morgan fingerprint density at radius 2 is 1.56 bits per heavy atom. The summed E-state index contributed by atoms with van der Waals surface area (Å²) >= 11 is 6.04. The molecule has 0 aliphatic carbocycles. The van der Waals surface area contributed by atoms with Crippen LogP contribution in [0.4, 0.5) is 11.4 Å². The Hall–Kier alpha value is -3.90. The Labute approximate surface area is 189 Å². The Kier molecular flexibility index (Phi) is 5.79. The van der Waals surface area contributed by atoms with E-state index in [1.807, 2.05) is 0 Å². The topological polar surface area (TPSA) is 86.7 Å². The standard InChI is InChI=1S/C25H19ClN2O4/c1-15(29)27-19-11-13-20(14-12-19)28-22(16-7-9-18(26)10-8-16)21(24(31)25(28)32)23(30)17-5-3-2-4-6-17/h2-14,22,30H,1H3,(H,27,29)/b23-21+/t22-/m0/s1. The van der Waals surface area contributed by atoms with E-state index in [4.69, 9.17) is 11.6 Å². The average Bonchev–Trinajstić information content (AvgIpc) is 3.05. The largest absolute Gasteiger partial charge is 0.507 e. The Balaban J connectivity index is 1.87. The van der Waals surface area contributed by atoms with Crippen LogP contribution >= 0.6 is 11.6 Å². The van der Waals surface area contributed by atoms with Gasteiger partial charge in [0.25, 0.3) is 11.7 Å². The fourth-order valence-electron chi connectivity index (χ4n) is 3.72. The van der Waals surface area contributed by atoms with Crippen molar-refractivity contribution in [1.29, 1.82) is 0 Å². The van der Waals surface area contributed by atoms with Crippen molar-refractivity contribution >= 4 is 46.3 Å². The number of carbonyl (C=O) groups is 3. The molecule has 7 heteroatoms. The number of aliphatic hydroxyl groups is 1. The van der Waals surface area contributed by atoms with Crippen molar-refractivity contribution in [1.82, 2.24) is 0 Å². The number of halogens is 1. The van der Waals surface area contributed by atoms with E-state index in [1.165, 1.54) is 11.8 Å². The lowest BCUT2D eigenvalue weighted by Gasteiger charge is -2.25. The maximum Gasteiger partial charge on any atom is 0.300 e. The monoisotopic (exact) mass is 446 g/mol. The van der Waals surface area contributed by atoms with E-state index in [9.17, 15) is 19.5 Å². The zero-order valence-corrected chi connectivity index (χ0v) is 17.8. The molecule has 0 aromatic heterocycles. The number of rotatable bonds is 4. The molecule has 4 rings (SSSR count). The van der Waals surface area contributed by atoms with E-state index in [0.717, 1.165) is 0 Å². The van der Waals surface area contributed by atoms with Gasteiger partial charge in [-0.2, -0.15) is 0 Å². The summed E-state index contributed by atoms with van der Waals surface area (Å²) in [4.78, 5) is 38.8. The molecule has 0 radical (unpaired) electrons. The number of nitrogens with one attached hydrogen (secondary N) is 1. The molecule has 2 N–H and O–H groups in total. The van der Waals surface area contributed by atoms with Gasteiger partial charge in [0.05, 0.1) is 11.6 Å². The molecule has 0 unspecified atom stereocenters. The van der Waals surface area contributed by atoms with Crippen molar-refractivity contribution in [2.75, 3.05) is 10.2 Å². The van der Waals surface area contributed by atoms with Gasteiger partial charge in [-0.1, -0.05) is 54.1 Å². The van der Waals surface area contributed by atoms with Crippen LogP contribution in [0.15, 0.2) is 84.4 Å². The highest BCUT2D eigenvalue weighted by Gasteiger charge is 2.46. The van der Waals surface area contributed by atoms with Crippen molar-refractivity contribution < 1.29 is 19.5 Å². The number of aliphatic hydroxyl groups excluding tert-OH is 1. The summed E-state index contributed by atoms with van der Waals surface area (Å²) in [5.41, 5.74) is 2.07. The molecule has 0 spiro atoms. The quantitative estimate of drug-likeness (QED) is 0.338. The van der Waals surface area contributed by atoms with E-state index < -0.39 is 17.7 Å². The molecule has 1 saturated heterocycles. The van der Waals surface area contributed by atoms with Crippen LogP contribution in [0.5, 0.6) is 0 Å². The summed E-state index contributed by atoms with van der Waals surface area (Å²) in [7, 11) is 0. The molecular formula is C25H19ClN2O4. The summed E-state index contributed by atoms with van der Waals surface area (Å²) in [6.07, 6.45) is 0. The SMILES string of the molecule is CC(=O)Nc1ccc(N2C(=O)C(=O)/C(=C(/O)c3ccccc3)[C@@H]2c2ccc(Cl)cc2)cc1. The van der Waals surface area contributed by atoms with Gasteiger partial charge in [-0.3, -0.25) is 19.3 Å². The molecule has 1 atom stereocenters. The Bertz CT molecular complexity index is 1220. The van der Waals surface area contributed by atoms with Crippen molar-refractivity contribution in [3.05, 3.63) is 101 Å². The summed E-state index contributed by atoms with van der Waals surface area (Å²) < 4.78 is 0. The summed E-state index contributed by atoms with van der Waals surface area (Å²) in [6, 6.07) is 21.1. The second-order valence-corrected chi connectivity index (χ2v) is 7.75. The number of amides is 2. The molecule has 0 bridgehead atoms. The van der Waals surface area contributed by atoms with Crippen LogP contribution in [0.1, 0.15) is 24.1 Å². The first kappa shape index (κ1) is 21.3. The van der Waals surface area contributed by atoms with E-state index in [0.29, 0.717) is 27.5 Å². The van der Waals surface area contributed by atoms with Gasteiger partial charge in [0.2, 0.25) is 5.91 Å². The van der Waals surface area contributed by atoms with E-state index >= 15 is 0 Å². The number of ketones is 1. The predicted octanol–water partition coefficient (Wildman–Crippen LogP) is 4.92. The van der Waals surface area contributed by atoms with Gasteiger partial charge >= 0.3 is 0 Å². The van der Waals surface area contributed by atoms with Gasteiger partial charge in [-0.05, 0) is 42.0 Å². The lowest BCUT2D eigenvalue weighted by molar-refractivity contribution is -0.132. The first-order chi connectivity index (χ1) is 15.4. The summed E-state index contributed by atoms with van der Waals surface area (Å²) in [5, 5.41) is 14.2. The third-order valence-corrected chi connectivity index (χ3v) is 5.40. The highest BCUT2D eigenvalue weighted by Crippen LogP contribution is 2.42. The number of Topliss-reactive ketones (excluding diaryl/α,β-unsaturated/α-hetero) is 1. The minimum absolute atomic E-state index is 0.00513. The maximum atomic E-state index is 13.1. The van der Waals surface area contributed by atoms with Crippen LogP contribution in [0.25, 0.3) is 5.76 Å². The fraction of sp³-hybridized carbons (Fsp3) is 0.0800. The molecule has 1 fully saturated rings. The van der Waals surface area contributed by atoms with Crippen LogP contribution in [0.3, 0.4) is 0 Å². The highest BCUT2D eigenvalue weighted by molar-refractivity contribution is 6.51.